The first-order chi connectivity index (χ1) is 7.45. The van der Waals surface area contributed by atoms with E-state index in [-0.39, 0.29) is 10.4 Å². The lowest BCUT2D eigenvalue weighted by atomic mass is 9.90. The van der Waals surface area contributed by atoms with Crippen LogP contribution in [0.1, 0.15) is 38.0 Å². The maximum Gasteiger partial charge on any atom is 0.126 e. The molecule has 2 atom stereocenters. The number of fused-ring (bicyclic) bond motifs is 1. The topological polar surface area (TPSA) is 29.5 Å². The highest BCUT2D eigenvalue weighted by Gasteiger charge is 2.41. The third kappa shape index (κ3) is 1.87. The Balaban J connectivity index is 2.47. The first kappa shape index (κ1) is 11.9. The Morgan fingerprint density at radius 3 is 2.75 bits per heavy atom. The van der Waals surface area contributed by atoms with E-state index in [4.69, 9.17) is 4.74 Å². The van der Waals surface area contributed by atoms with Crippen molar-refractivity contribution in [3.8, 4) is 5.75 Å². The summed E-state index contributed by atoms with van der Waals surface area (Å²) < 4.78 is 5.89. The summed E-state index contributed by atoms with van der Waals surface area (Å²) in [5, 5.41) is 10.3. The van der Waals surface area contributed by atoms with Gasteiger partial charge in [-0.05, 0) is 38.0 Å². The van der Waals surface area contributed by atoms with Crippen LogP contribution in [-0.2, 0) is 6.42 Å². The molecular weight excluding hydrogens is 268 g/mol. The minimum atomic E-state index is -0.509. The zero-order valence-corrected chi connectivity index (χ0v) is 11.4. The standard InChI is InChI=1S/C13H17BrO2/c1-4-8-5-6-10-9(7-8)11(15)12(14)13(2,3)16-10/h5-7,11-12,15H,4H2,1-3H3/t11-,12+/m1/s1. The van der Waals surface area contributed by atoms with E-state index in [1.807, 2.05) is 26.0 Å². The van der Waals surface area contributed by atoms with Crippen molar-refractivity contribution in [1.82, 2.24) is 0 Å². The van der Waals surface area contributed by atoms with Crippen molar-refractivity contribution in [3.63, 3.8) is 0 Å². The molecule has 1 N–H and O–H groups in total. The first-order valence-electron chi connectivity index (χ1n) is 5.59. The van der Waals surface area contributed by atoms with Gasteiger partial charge in [0.1, 0.15) is 11.4 Å². The smallest absolute Gasteiger partial charge is 0.126 e. The predicted octanol–water partition coefficient (Wildman–Crippen LogP) is 3.22. The summed E-state index contributed by atoms with van der Waals surface area (Å²) in [7, 11) is 0. The van der Waals surface area contributed by atoms with Gasteiger partial charge in [0.25, 0.3) is 0 Å². The van der Waals surface area contributed by atoms with E-state index in [9.17, 15) is 5.11 Å². The van der Waals surface area contributed by atoms with Crippen LogP contribution in [0.15, 0.2) is 18.2 Å². The second kappa shape index (κ2) is 4.04. The van der Waals surface area contributed by atoms with Gasteiger partial charge in [-0.1, -0.05) is 28.9 Å². The van der Waals surface area contributed by atoms with E-state index >= 15 is 0 Å². The molecule has 0 saturated carbocycles. The van der Waals surface area contributed by atoms with Crippen LogP contribution in [0.2, 0.25) is 0 Å². The van der Waals surface area contributed by atoms with Crippen molar-refractivity contribution < 1.29 is 9.84 Å². The Morgan fingerprint density at radius 1 is 1.44 bits per heavy atom. The van der Waals surface area contributed by atoms with Crippen LogP contribution in [-0.4, -0.2) is 15.5 Å². The van der Waals surface area contributed by atoms with Gasteiger partial charge in [-0.15, -0.1) is 0 Å². The fourth-order valence-electron chi connectivity index (χ4n) is 2.02. The van der Waals surface area contributed by atoms with Crippen molar-refractivity contribution in [2.45, 2.75) is 43.7 Å². The number of aryl methyl sites for hydroxylation is 1. The minimum absolute atomic E-state index is 0.0837. The Morgan fingerprint density at radius 2 is 2.12 bits per heavy atom. The van der Waals surface area contributed by atoms with Crippen LogP contribution in [0.5, 0.6) is 5.75 Å². The second-order valence-electron chi connectivity index (χ2n) is 4.78. The summed E-state index contributed by atoms with van der Waals surface area (Å²) in [6.07, 6.45) is 0.460. The molecule has 1 aliphatic rings. The summed E-state index contributed by atoms with van der Waals surface area (Å²) >= 11 is 3.52. The molecule has 0 fully saturated rings. The third-order valence-electron chi connectivity index (χ3n) is 3.12. The van der Waals surface area contributed by atoms with E-state index in [1.165, 1.54) is 5.56 Å². The summed E-state index contributed by atoms with van der Waals surface area (Å²) in [6.45, 7) is 6.06. The zero-order chi connectivity index (χ0) is 11.9. The van der Waals surface area contributed by atoms with Gasteiger partial charge >= 0.3 is 0 Å². The molecule has 0 spiro atoms. The van der Waals surface area contributed by atoms with Crippen molar-refractivity contribution in [1.29, 1.82) is 0 Å². The Kier molecular flexibility index (Phi) is 3.01. The lowest BCUT2D eigenvalue weighted by molar-refractivity contribution is 0.0225. The van der Waals surface area contributed by atoms with Crippen LogP contribution < -0.4 is 4.74 Å². The van der Waals surface area contributed by atoms with E-state index < -0.39 is 6.10 Å². The van der Waals surface area contributed by atoms with Crippen LogP contribution in [0, 0.1) is 0 Å². The molecule has 2 nitrogen and oxygen atoms in total. The van der Waals surface area contributed by atoms with Crippen LogP contribution in [0.3, 0.4) is 0 Å². The second-order valence-corrected chi connectivity index (χ2v) is 5.76. The lowest BCUT2D eigenvalue weighted by Gasteiger charge is -2.40. The Hall–Kier alpha value is -0.540. The van der Waals surface area contributed by atoms with Gasteiger partial charge in [0.05, 0.1) is 10.9 Å². The molecule has 1 aromatic carbocycles. The van der Waals surface area contributed by atoms with Gasteiger partial charge in [0.15, 0.2) is 0 Å². The van der Waals surface area contributed by atoms with Crippen LogP contribution >= 0.6 is 15.9 Å². The van der Waals surface area contributed by atoms with Crippen molar-refractivity contribution >= 4 is 15.9 Å². The molecule has 16 heavy (non-hydrogen) atoms. The number of alkyl halides is 1. The molecule has 0 unspecified atom stereocenters. The highest BCUT2D eigenvalue weighted by Crippen LogP contribution is 2.43. The molecule has 0 aromatic heterocycles. The molecule has 1 aromatic rings. The van der Waals surface area contributed by atoms with Gasteiger partial charge < -0.3 is 9.84 Å². The molecule has 1 heterocycles. The summed E-state index contributed by atoms with van der Waals surface area (Å²) in [6, 6.07) is 6.04. The molecular formula is C13H17BrO2. The molecule has 88 valence electrons. The van der Waals surface area contributed by atoms with Crippen molar-refractivity contribution in [2.75, 3.05) is 0 Å². The van der Waals surface area contributed by atoms with Crippen LogP contribution in [0.4, 0.5) is 0 Å². The average Bonchev–Trinajstić information content (AvgIpc) is 2.25. The van der Waals surface area contributed by atoms with Crippen LogP contribution in [0.25, 0.3) is 0 Å². The largest absolute Gasteiger partial charge is 0.486 e. The maximum absolute atomic E-state index is 10.3. The number of ether oxygens (including phenoxy) is 1. The fourth-order valence-corrected chi connectivity index (χ4v) is 2.40. The fraction of sp³-hybridized carbons (Fsp3) is 0.538. The normalized spacial score (nSPS) is 27.1. The highest BCUT2D eigenvalue weighted by molar-refractivity contribution is 9.09. The highest BCUT2D eigenvalue weighted by atomic mass is 79.9. The zero-order valence-electron chi connectivity index (χ0n) is 9.83. The number of benzene rings is 1. The predicted molar refractivity (Wildman–Crippen MR) is 68.2 cm³/mol. The number of aliphatic hydroxyl groups excluding tert-OH is 1. The number of halogens is 1. The minimum Gasteiger partial charge on any atom is -0.486 e. The summed E-state index contributed by atoms with van der Waals surface area (Å²) in [4.78, 5) is -0.0837. The molecule has 0 amide bonds. The summed E-state index contributed by atoms with van der Waals surface area (Å²) in [5.74, 6) is 0.797. The average molecular weight is 285 g/mol. The molecule has 0 bridgehead atoms. The molecule has 0 aliphatic carbocycles. The maximum atomic E-state index is 10.3. The molecule has 0 radical (unpaired) electrons. The monoisotopic (exact) mass is 284 g/mol. The Bertz CT molecular complexity index is 401. The quantitative estimate of drug-likeness (QED) is 0.803. The summed E-state index contributed by atoms with van der Waals surface area (Å²) in [5.41, 5.74) is 1.72. The van der Waals surface area contributed by atoms with Gasteiger partial charge in [0.2, 0.25) is 0 Å². The third-order valence-corrected chi connectivity index (χ3v) is 4.72. The molecule has 2 rings (SSSR count). The van der Waals surface area contributed by atoms with Gasteiger partial charge in [-0.3, -0.25) is 0 Å². The lowest BCUT2D eigenvalue weighted by Crippen LogP contribution is -2.45. The molecule has 3 heteroatoms. The van der Waals surface area contributed by atoms with E-state index in [1.54, 1.807) is 0 Å². The van der Waals surface area contributed by atoms with Crippen molar-refractivity contribution in [3.05, 3.63) is 29.3 Å². The van der Waals surface area contributed by atoms with E-state index in [0.29, 0.717) is 0 Å². The Labute approximate surface area is 105 Å². The first-order valence-corrected chi connectivity index (χ1v) is 6.51. The SMILES string of the molecule is CCc1ccc2c(c1)[C@@H](O)[C@H](Br)C(C)(C)O2. The number of hydrogen-bond acceptors (Lipinski definition) is 2. The molecule has 0 saturated heterocycles. The number of hydrogen-bond donors (Lipinski definition) is 1. The number of rotatable bonds is 1. The van der Waals surface area contributed by atoms with Crippen molar-refractivity contribution in [2.24, 2.45) is 0 Å². The van der Waals surface area contributed by atoms with Gasteiger partial charge in [-0.2, -0.15) is 0 Å². The van der Waals surface area contributed by atoms with Gasteiger partial charge in [0, 0.05) is 5.56 Å². The van der Waals surface area contributed by atoms with E-state index in [0.717, 1.165) is 17.7 Å². The number of aliphatic hydroxyl groups is 1. The van der Waals surface area contributed by atoms with E-state index in [2.05, 4.69) is 28.9 Å². The molecule has 1 aliphatic heterocycles. The van der Waals surface area contributed by atoms with Gasteiger partial charge in [-0.25, -0.2) is 0 Å².